The number of rotatable bonds is 0. The fraction of sp³-hybridized carbons (Fsp3) is 0. The van der Waals surface area contributed by atoms with Crippen LogP contribution in [0.25, 0.3) is 0 Å². The van der Waals surface area contributed by atoms with E-state index in [0.717, 1.165) is 0 Å². The Bertz CT molecular complexity index is 27.0. The van der Waals surface area contributed by atoms with Crippen molar-refractivity contribution in [3.63, 3.8) is 0 Å². The van der Waals surface area contributed by atoms with Crippen LogP contribution in [0.1, 0.15) is 0 Å². The fourth-order valence-corrected chi connectivity index (χ4v) is 0. The second-order valence-corrected chi connectivity index (χ2v) is 0.354. The summed E-state index contributed by atoms with van der Waals surface area (Å²) in [5, 5.41) is 0. The molecular formula is HfO2Se. The molecule has 0 aliphatic carbocycles. The zero-order chi connectivity index (χ0) is 2.71. The van der Waals surface area contributed by atoms with Gasteiger partial charge < -0.3 is 0 Å². The molecule has 0 unspecified atom stereocenters. The molecule has 0 amide bonds. The molecule has 0 fully saturated rings. The van der Waals surface area contributed by atoms with Crippen LogP contribution in [-0.2, 0) is 33.5 Å². The maximum absolute atomic E-state index is 8.44. The van der Waals surface area contributed by atoms with Gasteiger partial charge in [-0.2, -0.15) is 0 Å². The van der Waals surface area contributed by atoms with Crippen molar-refractivity contribution in [1.29, 1.82) is 0 Å². The minimum atomic E-state index is -1.62. The summed E-state index contributed by atoms with van der Waals surface area (Å²) < 4.78 is 16.9. The van der Waals surface area contributed by atoms with Gasteiger partial charge in [-0.25, -0.2) is 0 Å². The van der Waals surface area contributed by atoms with Crippen LogP contribution in [0.4, 0.5) is 0 Å². The minimum absolute atomic E-state index is 0. The second-order valence-electron chi connectivity index (χ2n) is 0.0680. The molecule has 4 heteroatoms. The van der Waals surface area contributed by atoms with E-state index in [0.29, 0.717) is 0 Å². The summed E-state index contributed by atoms with van der Waals surface area (Å²) in [4.78, 5) is 0. The minimum Gasteiger partial charge on any atom is 0 e. The molecule has 0 aliphatic rings. The van der Waals surface area contributed by atoms with Gasteiger partial charge in [0.05, 0.1) is 0 Å². The van der Waals surface area contributed by atoms with E-state index >= 15 is 0 Å². The molecule has 0 rings (SSSR count). The van der Waals surface area contributed by atoms with Crippen molar-refractivity contribution < 1.29 is 33.5 Å². The van der Waals surface area contributed by atoms with E-state index < -0.39 is 14.8 Å². The zero-order valence-corrected chi connectivity index (χ0v) is 7.03. The Morgan fingerprint density at radius 2 is 1.25 bits per heavy atom. The van der Waals surface area contributed by atoms with E-state index in [1.807, 2.05) is 0 Å². The predicted octanol–water partition coefficient (Wildman–Crippen LogP) is -0.621. The molecule has 0 bridgehead atoms. The first-order valence-electron chi connectivity index (χ1n) is 0.333. The molecule has 2 nitrogen and oxygen atoms in total. The van der Waals surface area contributed by atoms with Crippen molar-refractivity contribution in [3.05, 3.63) is 0 Å². The summed E-state index contributed by atoms with van der Waals surface area (Å²) in [5.74, 6) is 0. The van der Waals surface area contributed by atoms with Crippen LogP contribution in [0.3, 0.4) is 0 Å². The third-order valence-corrected chi connectivity index (χ3v) is 0. The van der Waals surface area contributed by atoms with E-state index in [1.165, 1.54) is 0 Å². The molecule has 0 aromatic carbocycles. The first-order chi connectivity index (χ1) is 1.41. The predicted molar refractivity (Wildman–Crippen MR) is 7.13 cm³/mol. The summed E-state index contributed by atoms with van der Waals surface area (Å²) >= 11 is -1.62. The summed E-state index contributed by atoms with van der Waals surface area (Å²) in [6, 6.07) is 0. The molecule has 22 valence electrons. The van der Waals surface area contributed by atoms with E-state index in [1.54, 1.807) is 0 Å². The molecule has 0 N–H and O–H groups in total. The van der Waals surface area contributed by atoms with Crippen LogP contribution < -0.4 is 0 Å². The summed E-state index contributed by atoms with van der Waals surface area (Å²) in [6.45, 7) is 0. The van der Waals surface area contributed by atoms with Crippen molar-refractivity contribution in [2.45, 2.75) is 0 Å². The molecule has 0 atom stereocenters. The molecule has 0 heterocycles. The normalized spacial score (nSPS) is 3.00. The van der Waals surface area contributed by atoms with Gasteiger partial charge in [-0.15, -0.1) is 0 Å². The molecule has 0 spiro atoms. The first kappa shape index (κ1) is 8.89. The molecule has 0 aromatic rings. The fourth-order valence-electron chi connectivity index (χ4n) is 0. The molecule has 4 heavy (non-hydrogen) atoms. The standard InChI is InChI=1S/Hf.O2Se/c;1-3-2. The molecular weight excluding hydrogens is 289 g/mol. The third kappa shape index (κ3) is 12.1. The van der Waals surface area contributed by atoms with Gasteiger partial charge in [-0.1, -0.05) is 0 Å². The maximum Gasteiger partial charge on any atom is 0 e. The van der Waals surface area contributed by atoms with E-state index in [2.05, 4.69) is 0 Å². The summed E-state index contributed by atoms with van der Waals surface area (Å²) in [5.41, 5.74) is 0. The SMILES string of the molecule is O=[Se]=O.[Hf]. The van der Waals surface area contributed by atoms with Crippen molar-refractivity contribution in [1.82, 2.24) is 0 Å². The van der Waals surface area contributed by atoms with Crippen LogP contribution in [-0.4, -0.2) is 14.8 Å². The molecule has 0 saturated heterocycles. The molecule has 0 saturated carbocycles. The van der Waals surface area contributed by atoms with Gasteiger partial charge in [-0.05, 0) is 0 Å². The van der Waals surface area contributed by atoms with Crippen LogP contribution in [0.5, 0.6) is 0 Å². The quantitative estimate of drug-likeness (QED) is 0.557. The van der Waals surface area contributed by atoms with Crippen LogP contribution in [0, 0.1) is 0 Å². The topological polar surface area (TPSA) is 34.1 Å². The maximum atomic E-state index is 8.44. The number of hydrogen-bond donors (Lipinski definition) is 0. The van der Waals surface area contributed by atoms with Crippen molar-refractivity contribution in [2.75, 3.05) is 0 Å². The molecule has 0 aliphatic heterocycles. The Kier molecular flexibility index (Phi) is 20.0. The average molecular weight is 289 g/mol. The molecule has 0 aromatic heterocycles. The van der Waals surface area contributed by atoms with Crippen molar-refractivity contribution in [2.24, 2.45) is 0 Å². The summed E-state index contributed by atoms with van der Waals surface area (Å²) in [7, 11) is 0. The van der Waals surface area contributed by atoms with Gasteiger partial charge in [0.25, 0.3) is 0 Å². The van der Waals surface area contributed by atoms with E-state index in [-0.39, 0.29) is 25.8 Å². The number of hydrogen-bond acceptors (Lipinski definition) is 2. The van der Waals surface area contributed by atoms with Gasteiger partial charge >= 0.3 is 22.5 Å². The Balaban J connectivity index is 0. The smallest absolute Gasteiger partial charge is 0 e. The van der Waals surface area contributed by atoms with E-state index in [9.17, 15) is 0 Å². The van der Waals surface area contributed by atoms with Gasteiger partial charge in [0.2, 0.25) is 0 Å². The Morgan fingerprint density at radius 3 is 1.25 bits per heavy atom. The Labute approximate surface area is 48.3 Å². The average Bonchev–Trinajstić information content (AvgIpc) is 0.918. The van der Waals surface area contributed by atoms with E-state index in [4.69, 9.17) is 7.67 Å². The largest absolute Gasteiger partial charge is 0 e. The summed E-state index contributed by atoms with van der Waals surface area (Å²) in [6.07, 6.45) is 0. The van der Waals surface area contributed by atoms with Gasteiger partial charge in [0, 0.05) is 25.8 Å². The zero-order valence-electron chi connectivity index (χ0n) is 1.72. The molecule has 0 radical (unpaired) electrons. The second kappa shape index (κ2) is 9.01. The van der Waals surface area contributed by atoms with Crippen molar-refractivity contribution in [3.8, 4) is 0 Å². The van der Waals surface area contributed by atoms with Crippen LogP contribution >= 0.6 is 0 Å². The van der Waals surface area contributed by atoms with Crippen molar-refractivity contribution >= 4 is 14.8 Å². The third-order valence-electron chi connectivity index (χ3n) is 0. The van der Waals surface area contributed by atoms with Crippen LogP contribution in [0.2, 0.25) is 0 Å². The first-order valence-corrected chi connectivity index (χ1v) is 1.73. The van der Waals surface area contributed by atoms with Gasteiger partial charge in [0.1, 0.15) is 0 Å². The van der Waals surface area contributed by atoms with Gasteiger partial charge in [0.15, 0.2) is 0 Å². The van der Waals surface area contributed by atoms with Gasteiger partial charge in [-0.3, -0.25) is 0 Å². The Hall–Kier alpha value is 0.990. The Morgan fingerprint density at radius 1 is 1.25 bits per heavy atom. The van der Waals surface area contributed by atoms with Crippen LogP contribution in [0.15, 0.2) is 0 Å². The monoisotopic (exact) mass is 292 g/mol.